The van der Waals surface area contributed by atoms with Gasteiger partial charge in [0.25, 0.3) is 0 Å². The fourth-order valence-electron chi connectivity index (χ4n) is 2.94. The summed E-state index contributed by atoms with van der Waals surface area (Å²) in [5, 5.41) is 9.49. The first kappa shape index (κ1) is 16.1. The second kappa shape index (κ2) is 6.48. The van der Waals surface area contributed by atoms with E-state index in [1.54, 1.807) is 0 Å². The Kier molecular flexibility index (Phi) is 5.50. The number of carboxylic acid groups (broad SMARTS) is 1. The van der Waals surface area contributed by atoms with E-state index in [2.05, 4.69) is 0 Å². The third kappa shape index (κ3) is 3.54. The van der Waals surface area contributed by atoms with Crippen LogP contribution in [0.3, 0.4) is 0 Å². The van der Waals surface area contributed by atoms with Crippen molar-refractivity contribution >= 4 is 11.8 Å². The average molecular weight is 270 g/mol. The molecule has 1 fully saturated rings. The highest BCUT2D eigenvalue weighted by Gasteiger charge is 2.49. The highest BCUT2D eigenvalue weighted by atomic mass is 16.4. The first-order valence-electron chi connectivity index (χ1n) is 7.07. The molecule has 5 N–H and O–H groups in total. The molecule has 110 valence electrons. The van der Waals surface area contributed by atoms with E-state index in [0.29, 0.717) is 44.6 Å². The second-order valence-electron chi connectivity index (χ2n) is 6.17. The van der Waals surface area contributed by atoms with Crippen molar-refractivity contribution in [2.45, 2.75) is 52.0 Å². The summed E-state index contributed by atoms with van der Waals surface area (Å²) < 4.78 is 0. The SMILES string of the molecule is CC(C)C[C@H](N)C(=O)C1(C(=O)O)CCC(CN)CC1. The maximum atomic E-state index is 12.5. The molecule has 0 radical (unpaired) electrons. The highest BCUT2D eigenvalue weighted by molar-refractivity contribution is 6.05. The van der Waals surface area contributed by atoms with E-state index < -0.39 is 17.4 Å². The van der Waals surface area contributed by atoms with Crippen LogP contribution in [0.4, 0.5) is 0 Å². The predicted octanol–water partition coefficient (Wildman–Crippen LogP) is 1.15. The van der Waals surface area contributed by atoms with Gasteiger partial charge in [0, 0.05) is 0 Å². The van der Waals surface area contributed by atoms with Gasteiger partial charge in [-0.25, -0.2) is 0 Å². The molecule has 1 aliphatic rings. The van der Waals surface area contributed by atoms with Crippen molar-refractivity contribution in [2.24, 2.45) is 28.7 Å². The van der Waals surface area contributed by atoms with Gasteiger partial charge in [-0.05, 0) is 50.5 Å². The molecule has 1 aliphatic carbocycles. The van der Waals surface area contributed by atoms with Crippen molar-refractivity contribution in [2.75, 3.05) is 6.54 Å². The lowest BCUT2D eigenvalue weighted by molar-refractivity contribution is -0.158. The summed E-state index contributed by atoms with van der Waals surface area (Å²) in [6.07, 6.45) is 2.67. The Bertz CT molecular complexity index is 334. The minimum atomic E-state index is -1.28. The summed E-state index contributed by atoms with van der Waals surface area (Å²) in [6, 6.07) is -0.675. The molecule has 0 bridgehead atoms. The Morgan fingerprint density at radius 2 is 1.84 bits per heavy atom. The molecule has 5 heteroatoms. The average Bonchev–Trinajstić information content (AvgIpc) is 2.36. The number of ketones is 1. The van der Waals surface area contributed by atoms with E-state index >= 15 is 0 Å². The van der Waals surface area contributed by atoms with E-state index in [4.69, 9.17) is 11.5 Å². The molecule has 5 nitrogen and oxygen atoms in total. The number of rotatable bonds is 6. The number of carboxylic acids is 1. The molecule has 0 amide bonds. The molecule has 1 saturated carbocycles. The standard InChI is InChI=1S/C14H26N2O3/c1-9(2)7-11(16)12(17)14(13(18)19)5-3-10(8-15)4-6-14/h9-11H,3-8,15-16H2,1-2H3,(H,18,19)/t10?,11-,14?/m0/s1. The maximum absolute atomic E-state index is 12.5. The molecule has 19 heavy (non-hydrogen) atoms. The zero-order chi connectivity index (χ0) is 14.6. The third-order valence-corrected chi connectivity index (χ3v) is 4.24. The van der Waals surface area contributed by atoms with E-state index in [9.17, 15) is 14.7 Å². The molecule has 1 rings (SSSR count). The summed E-state index contributed by atoms with van der Waals surface area (Å²) in [7, 11) is 0. The van der Waals surface area contributed by atoms with Crippen LogP contribution in [0.15, 0.2) is 0 Å². The number of hydrogen-bond donors (Lipinski definition) is 3. The number of carbonyl (C=O) groups is 2. The molecule has 0 saturated heterocycles. The minimum Gasteiger partial charge on any atom is -0.480 e. The van der Waals surface area contributed by atoms with Crippen molar-refractivity contribution in [3.05, 3.63) is 0 Å². The zero-order valence-corrected chi connectivity index (χ0v) is 11.9. The van der Waals surface area contributed by atoms with Gasteiger partial charge < -0.3 is 16.6 Å². The quantitative estimate of drug-likeness (QED) is 0.628. The van der Waals surface area contributed by atoms with Crippen LogP contribution in [-0.4, -0.2) is 29.4 Å². The molecule has 0 heterocycles. The Morgan fingerprint density at radius 1 is 1.32 bits per heavy atom. The van der Waals surface area contributed by atoms with Crippen LogP contribution in [0, 0.1) is 17.3 Å². The van der Waals surface area contributed by atoms with Gasteiger partial charge >= 0.3 is 5.97 Å². The Labute approximate surface area is 114 Å². The summed E-state index contributed by atoms with van der Waals surface area (Å²) in [5.74, 6) is -0.705. The molecule has 0 aromatic carbocycles. The lowest BCUT2D eigenvalue weighted by Crippen LogP contribution is -2.50. The van der Waals surface area contributed by atoms with Gasteiger partial charge in [-0.3, -0.25) is 9.59 Å². The lowest BCUT2D eigenvalue weighted by Gasteiger charge is -2.37. The van der Waals surface area contributed by atoms with Gasteiger partial charge in [-0.1, -0.05) is 13.8 Å². The molecule has 0 aliphatic heterocycles. The molecule has 0 aromatic heterocycles. The Balaban J connectivity index is 2.83. The molecule has 0 aromatic rings. The summed E-state index contributed by atoms with van der Waals surface area (Å²) in [5.41, 5.74) is 10.2. The van der Waals surface area contributed by atoms with Crippen molar-refractivity contribution in [3.63, 3.8) is 0 Å². The minimum absolute atomic E-state index is 0.283. The fraction of sp³-hybridized carbons (Fsp3) is 0.857. The van der Waals surface area contributed by atoms with E-state index in [1.807, 2.05) is 13.8 Å². The van der Waals surface area contributed by atoms with Crippen LogP contribution in [0.2, 0.25) is 0 Å². The normalized spacial score (nSPS) is 29.2. The summed E-state index contributed by atoms with van der Waals surface area (Å²) in [4.78, 5) is 24.1. The van der Waals surface area contributed by atoms with Crippen LogP contribution in [0.1, 0.15) is 46.0 Å². The maximum Gasteiger partial charge on any atom is 0.317 e. The molecule has 1 atom stereocenters. The zero-order valence-electron chi connectivity index (χ0n) is 11.9. The number of hydrogen-bond acceptors (Lipinski definition) is 4. The third-order valence-electron chi connectivity index (χ3n) is 4.24. The van der Waals surface area contributed by atoms with Gasteiger partial charge in [0.05, 0.1) is 6.04 Å². The van der Waals surface area contributed by atoms with E-state index in [-0.39, 0.29) is 11.7 Å². The molecular weight excluding hydrogens is 244 g/mol. The van der Waals surface area contributed by atoms with E-state index in [1.165, 1.54) is 0 Å². The smallest absolute Gasteiger partial charge is 0.317 e. The number of nitrogens with two attached hydrogens (primary N) is 2. The van der Waals surface area contributed by atoms with Gasteiger partial charge in [0.15, 0.2) is 5.78 Å². The van der Waals surface area contributed by atoms with Crippen molar-refractivity contribution in [3.8, 4) is 0 Å². The van der Waals surface area contributed by atoms with Gasteiger partial charge in [-0.15, -0.1) is 0 Å². The Hall–Kier alpha value is -0.940. The first-order chi connectivity index (χ1) is 8.83. The largest absolute Gasteiger partial charge is 0.480 e. The number of carbonyl (C=O) groups excluding carboxylic acids is 1. The van der Waals surface area contributed by atoms with Gasteiger partial charge in [0.1, 0.15) is 5.41 Å². The highest BCUT2D eigenvalue weighted by Crippen LogP contribution is 2.40. The fourth-order valence-corrected chi connectivity index (χ4v) is 2.94. The van der Waals surface area contributed by atoms with Crippen molar-refractivity contribution < 1.29 is 14.7 Å². The van der Waals surface area contributed by atoms with Crippen LogP contribution in [-0.2, 0) is 9.59 Å². The number of Topliss-reactive ketones (excluding diaryl/α,β-unsaturated/α-hetero) is 1. The van der Waals surface area contributed by atoms with Crippen molar-refractivity contribution in [1.29, 1.82) is 0 Å². The Morgan fingerprint density at radius 3 is 2.21 bits per heavy atom. The first-order valence-corrected chi connectivity index (χ1v) is 7.07. The van der Waals surface area contributed by atoms with E-state index in [0.717, 1.165) is 0 Å². The lowest BCUT2D eigenvalue weighted by atomic mass is 9.66. The topological polar surface area (TPSA) is 106 Å². The van der Waals surface area contributed by atoms with Crippen LogP contribution in [0.5, 0.6) is 0 Å². The summed E-state index contributed by atoms with van der Waals surface area (Å²) >= 11 is 0. The molecule has 0 spiro atoms. The van der Waals surface area contributed by atoms with Gasteiger partial charge in [-0.2, -0.15) is 0 Å². The van der Waals surface area contributed by atoms with Crippen LogP contribution < -0.4 is 11.5 Å². The van der Waals surface area contributed by atoms with Crippen molar-refractivity contribution in [1.82, 2.24) is 0 Å². The molecular formula is C14H26N2O3. The molecule has 0 unspecified atom stereocenters. The summed E-state index contributed by atoms with van der Waals surface area (Å²) in [6.45, 7) is 4.51. The van der Waals surface area contributed by atoms with Gasteiger partial charge in [0.2, 0.25) is 0 Å². The monoisotopic (exact) mass is 270 g/mol. The van der Waals surface area contributed by atoms with Crippen LogP contribution >= 0.6 is 0 Å². The second-order valence-corrected chi connectivity index (χ2v) is 6.17. The van der Waals surface area contributed by atoms with Crippen LogP contribution in [0.25, 0.3) is 0 Å². The number of aliphatic carboxylic acids is 1. The predicted molar refractivity (Wildman–Crippen MR) is 73.5 cm³/mol.